The lowest BCUT2D eigenvalue weighted by Gasteiger charge is -2.16. The van der Waals surface area contributed by atoms with Crippen LogP contribution in [0.4, 0.5) is 10.5 Å². The fourth-order valence-corrected chi connectivity index (χ4v) is 1.26. The Morgan fingerprint density at radius 2 is 1.69 bits per heavy atom. The van der Waals surface area contributed by atoms with Gasteiger partial charge in [-0.1, -0.05) is 12.1 Å². The van der Waals surface area contributed by atoms with E-state index in [0.717, 1.165) is 6.92 Å². The van der Waals surface area contributed by atoms with E-state index in [2.05, 4.69) is 0 Å². The summed E-state index contributed by atoms with van der Waals surface area (Å²) < 4.78 is 0. The summed E-state index contributed by atoms with van der Waals surface area (Å²) in [5.74, 6) is -2.05. The normalized spacial score (nSPS) is 9.56. The average molecular weight is 223 g/mol. The van der Waals surface area contributed by atoms with Crippen molar-refractivity contribution < 1.29 is 24.6 Å². The number of carboxylic acids is 1. The Morgan fingerprint density at radius 1 is 1.12 bits per heavy atom. The van der Waals surface area contributed by atoms with Crippen LogP contribution in [0.5, 0.6) is 0 Å². The molecule has 1 aromatic carbocycles. The van der Waals surface area contributed by atoms with E-state index in [4.69, 9.17) is 10.2 Å². The van der Waals surface area contributed by atoms with Crippen molar-refractivity contribution in [3.05, 3.63) is 29.8 Å². The van der Waals surface area contributed by atoms with Crippen molar-refractivity contribution in [3.8, 4) is 0 Å². The second kappa shape index (κ2) is 4.43. The van der Waals surface area contributed by atoms with Crippen LogP contribution in [0.2, 0.25) is 0 Å². The van der Waals surface area contributed by atoms with Gasteiger partial charge in [0.15, 0.2) is 0 Å². The molecule has 16 heavy (non-hydrogen) atoms. The lowest BCUT2D eigenvalue weighted by atomic mass is 10.1. The standard InChI is InChI=1S/C10H9NO5/c1-6(12)11(10(15)16)8-5-3-2-4-7(8)9(13)14/h2-5H,1H3,(H,13,14)(H,15,16). The summed E-state index contributed by atoms with van der Waals surface area (Å²) in [6, 6.07) is 5.41. The second-order valence-corrected chi connectivity index (χ2v) is 2.96. The minimum atomic E-state index is -1.51. The highest BCUT2D eigenvalue weighted by atomic mass is 16.4. The van der Waals surface area contributed by atoms with Crippen molar-refractivity contribution in [2.75, 3.05) is 4.90 Å². The molecule has 0 aromatic heterocycles. The van der Waals surface area contributed by atoms with Gasteiger partial charge in [0.1, 0.15) is 0 Å². The molecule has 0 aliphatic rings. The molecule has 84 valence electrons. The van der Waals surface area contributed by atoms with Gasteiger partial charge in [-0.15, -0.1) is 0 Å². The number of carbonyl (C=O) groups excluding carboxylic acids is 1. The highest BCUT2D eigenvalue weighted by Gasteiger charge is 2.23. The Labute approximate surface area is 90.7 Å². The first-order valence-corrected chi connectivity index (χ1v) is 4.31. The minimum Gasteiger partial charge on any atom is -0.478 e. The van der Waals surface area contributed by atoms with Gasteiger partial charge in [0.05, 0.1) is 11.3 Å². The monoisotopic (exact) mass is 223 g/mol. The van der Waals surface area contributed by atoms with E-state index in [1.807, 2.05) is 0 Å². The van der Waals surface area contributed by atoms with E-state index >= 15 is 0 Å². The van der Waals surface area contributed by atoms with Gasteiger partial charge in [0, 0.05) is 6.92 Å². The van der Waals surface area contributed by atoms with Crippen LogP contribution in [0.15, 0.2) is 24.3 Å². The van der Waals surface area contributed by atoms with Gasteiger partial charge in [-0.2, -0.15) is 0 Å². The van der Waals surface area contributed by atoms with Crippen LogP contribution in [0.3, 0.4) is 0 Å². The number of anilines is 1. The number of amides is 2. The Balaban J connectivity index is 3.35. The highest BCUT2D eigenvalue weighted by molar-refractivity contribution is 6.14. The number of rotatable bonds is 2. The molecule has 0 unspecified atom stereocenters. The third-order valence-corrected chi connectivity index (χ3v) is 1.88. The van der Waals surface area contributed by atoms with E-state index in [9.17, 15) is 14.4 Å². The summed E-state index contributed by atoms with van der Waals surface area (Å²) in [6.45, 7) is 1.05. The third kappa shape index (κ3) is 2.17. The number of hydrogen-bond acceptors (Lipinski definition) is 3. The highest BCUT2D eigenvalue weighted by Crippen LogP contribution is 2.20. The Hall–Kier alpha value is -2.37. The summed E-state index contributed by atoms with van der Waals surface area (Å²) in [5, 5.41) is 17.7. The largest absolute Gasteiger partial charge is 0.478 e. The van der Waals surface area contributed by atoms with E-state index in [1.54, 1.807) is 0 Å². The van der Waals surface area contributed by atoms with Crippen molar-refractivity contribution in [2.45, 2.75) is 6.92 Å². The SMILES string of the molecule is CC(=O)N(C(=O)O)c1ccccc1C(=O)O. The van der Waals surface area contributed by atoms with Crippen molar-refractivity contribution >= 4 is 23.7 Å². The molecule has 0 spiro atoms. The first-order valence-electron chi connectivity index (χ1n) is 4.31. The zero-order valence-corrected chi connectivity index (χ0v) is 8.38. The van der Waals surface area contributed by atoms with Crippen LogP contribution in [0.1, 0.15) is 17.3 Å². The van der Waals surface area contributed by atoms with Gasteiger partial charge in [-0.25, -0.2) is 14.5 Å². The number of nitrogens with zero attached hydrogens (tertiary/aromatic N) is 1. The summed E-state index contributed by atoms with van der Waals surface area (Å²) in [7, 11) is 0. The molecule has 0 heterocycles. The van der Waals surface area contributed by atoms with Crippen LogP contribution >= 0.6 is 0 Å². The molecule has 0 fully saturated rings. The van der Waals surface area contributed by atoms with E-state index in [1.165, 1.54) is 24.3 Å². The van der Waals surface area contributed by atoms with Crippen LogP contribution in [0, 0.1) is 0 Å². The molecule has 0 bridgehead atoms. The summed E-state index contributed by atoms with van der Waals surface area (Å²) >= 11 is 0. The average Bonchev–Trinajstić information content (AvgIpc) is 2.17. The zero-order valence-electron chi connectivity index (χ0n) is 8.38. The van der Waals surface area contributed by atoms with Crippen molar-refractivity contribution in [1.29, 1.82) is 0 Å². The predicted molar refractivity (Wildman–Crippen MR) is 54.6 cm³/mol. The Morgan fingerprint density at radius 3 is 2.12 bits per heavy atom. The van der Waals surface area contributed by atoms with Gasteiger partial charge in [-0.3, -0.25) is 4.79 Å². The lowest BCUT2D eigenvalue weighted by Crippen LogP contribution is -2.34. The van der Waals surface area contributed by atoms with Gasteiger partial charge < -0.3 is 10.2 Å². The molecule has 0 atom stereocenters. The molecule has 0 saturated heterocycles. The van der Waals surface area contributed by atoms with E-state index in [0.29, 0.717) is 4.90 Å². The van der Waals surface area contributed by atoms with E-state index < -0.39 is 18.0 Å². The summed E-state index contributed by atoms with van der Waals surface area (Å²) in [5.41, 5.74) is -0.393. The maximum atomic E-state index is 11.1. The van der Waals surface area contributed by atoms with Gasteiger partial charge in [0.25, 0.3) is 0 Å². The molecular weight excluding hydrogens is 214 g/mol. The van der Waals surface area contributed by atoms with Gasteiger partial charge >= 0.3 is 12.1 Å². The molecule has 6 nitrogen and oxygen atoms in total. The molecule has 0 aliphatic carbocycles. The molecule has 2 amide bonds. The topological polar surface area (TPSA) is 94.9 Å². The molecule has 6 heteroatoms. The fraction of sp³-hybridized carbons (Fsp3) is 0.100. The molecule has 1 aromatic rings. The second-order valence-electron chi connectivity index (χ2n) is 2.96. The Kier molecular flexibility index (Phi) is 3.24. The molecule has 0 radical (unpaired) electrons. The molecule has 2 N–H and O–H groups in total. The number of benzene rings is 1. The number of para-hydroxylation sites is 1. The third-order valence-electron chi connectivity index (χ3n) is 1.88. The summed E-state index contributed by atoms with van der Waals surface area (Å²) in [4.78, 5) is 33.2. The zero-order chi connectivity index (χ0) is 12.3. The van der Waals surface area contributed by atoms with Crippen LogP contribution < -0.4 is 4.90 Å². The van der Waals surface area contributed by atoms with Crippen LogP contribution in [0.25, 0.3) is 0 Å². The first-order chi connectivity index (χ1) is 7.45. The van der Waals surface area contributed by atoms with Crippen LogP contribution in [-0.2, 0) is 4.79 Å². The fourth-order valence-electron chi connectivity index (χ4n) is 1.26. The Bertz CT molecular complexity index is 440. The number of hydrogen-bond donors (Lipinski definition) is 2. The lowest BCUT2D eigenvalue weighted by molar-refractivity contribution is -0.116. The molecule has 1 rings (SSSR count). The molecular formula is C10H9NO5. The maximum absolute atomic E-state index is 11.1. The van der Waals surface area contributed by atoms with Crippen molar-refractivity contribution in [3.63, 3.8) is 0 Å². The number of aromatic carboxylic acids is 1. The summed E-state index contributed by atoms with van der Waals surface area (Å²) in [6.07, 6.45) is -1.51. The smallest absolute Gasteiger partial charge is 0.418 e. The number of carboxylic acid groups (broad SMARTS) is 2. The van der Waals surface area contributed by atoms with E-state index in [-0.39, 0.29) is 11.3 Å². The predicted octanol–water partition coefficient (Wildman–Crippen LogP) is 1.42. The van der Waals surface area contributed by atoms with Crippen LogP contribution in [-0.4, -0.2) is 28.2 Å². The molecule has 0 saturated carbocycles. The number of imide groups is 1. The molecule has 0 aliphatic heterocycles. The van der Waals surface area contributed by atoms with Crippen molar-refractivity contribution in [1.82, 2.24) is 0 Å². The van der Waals surface area contributed by atoms with Gasteiger partial charge in [-0.05, 0) is 12.1 Å². The minimum absolute atomic E-state index is 0.157. The first kappa shape index (κ1) is 11.7. The quantitative estimate of drug-likeness (QED) is 0.790. The van der Waals surface area contributed by atoms with Crippen molar-refractivity contribution in [2.24, 2.45) is 0 Å². The number of carbonyl (C=O) groups is 3. The maximum Gasteiger partial charge on any atom is 0.418 e. The van der Waals surface area contributed by atoms with Gasteiger partial charge in [0.2, 0.25) is 5.91 Å².